The summed E-state index contributed by atoms with van der Waals surface area (Å²) in [5.74, 6) is 1.72. The predicted molar refractivity (Wildman–Crippen MR) is 127 cm³/mol. The summed E-state index contributed by atoms with van der Waals surface area (Å²) in [5, 5.41) is 0. The third-order valence-corrected chi connectivity index (χ3v) is 6.39. The van der Waals surface area contributed by atoms with Crippen LogP contribution in [-0.2, 0) is 19.4 Å². The van der Waals surface area contributed by atoms with Gasteiger partial charge in [-0.1, -0.05) is 48.0 Å². The molecule has 152 valence electrons. The maximum absolute atomic E-state index is 4.32. The van der Waals surface area contributed by atoms with Gasteiger partial charge in [-0.2, -0.15) is 0 Å². The van der Waals surface area contributed by atoms with E-state index in [9.17, 15) is 0 Å². The fraction of sp³-hybridized carbons (Fsp3) is 0.240. The topological polar surface area (TPSA) is 41.4 Å². The lowest BCUT2D eigenvalue weighted by atomic mass is 9.98. The van der Waals surface area contributed by atoms with Gasteiger partial charge in [0.2, 0.25) is 0 Å². The molecule has 0 radical (unpaired) electrons. The minimum Gasteiger partial charge on any atom is -0.289 e. The molecule has 5 heteroatoms. The van der Waals surface area contributed by atoms with Crippen molar-refractivity contribution in [3.63, 3.8) is 0 Å². The van der Waals surface area contributed by atoms with E-state index in [4.69, 9.17) is 0 Å². The number of aryl methyl sites for hydroxylation is 1. The third kappa shape index (κ3) is 5.23. The van der Waals surface area contributed by atoms with E-state index in [1.54, 1.807) is 12.4 Å². The van der Waals surface area contributed by atoms with Crippen molar-refractivity contribution in [1.29, 1.82) is 0 Å². The molecule has 0 aliphatic carbocycles. The van der Waals surface area contributed by atoms with Gasteiger partial charge in [0.1, 0.15) is 0 Å². The fourth-order valence-electron chi connectivity index (χ4n) is 3.69. The van der Waals surface area contributed by atoms with Crippen LogP contribution in [-0.4, -0.2) is 34.0 Å². The van der Waals surface area contributed by atoms with Crippen LogP contribution in [0.25, 0.3) is 11.4 Å². The maximum atomic E-state index is 4.32. The van der Waals surface area contributed by atoms with Gasteiger partial charge < -0.3 is 0 Å². The lowest BCUT2D eigenvalue weighted by Crippen LogP contribution is -2.30. The van der Waals surface area contributed by atoms with Crippen LogP contribution < -0.4 is 0 Å². The van der Waals surface area contributed by atoms with Crippen molar-refractivity contribution < 1.29 is 0 Å². The number of allylic oxidation sites excluding steroid dienone is 1. The standard InChI is InChI=1S/C25H26N4S/c1-19-4-7-21-10-13-29(17-23(21)14-19)18-30-24(16-26-2)15-20-5-8-22(9-6-20)25-27-11-3-12-28-25/h3-9,11-12,14,16H,2,10,13,15,17-18H2,1H3/b24-16-. The zero-order valence-corrected chi connectivity index (χ0v) is 18.1. The summed E-state index contributed by atoms with van der Waals surface area (Å²) in [5.41, 5.74) is 6.57. The molecule has 0 N–H and O–H groups in total. The van der Waals surface area contributed by atoms with Crippen molar-refractivity contribution in [2.24, 2.45) is 4.99 Å². The number of benzene rings is 2. The van der Waals surface area contributed by atoms with Crippen LogP contribution in [0.5, 0.6) is 0 Å². The van der Waals surface area contributed by atoms with Gasteiger partial charge in [0.25, 0.3) is 0 Å². The largest absolute Gasteiger partial charge is 0.289 e. The maximum Gasteiger partial charge on any atom is 0.159 e. The van der Waals surface area contributed by atoms with E-state index in [1.165, 1.54) is 27.2 Å². The zero-order valence-electron chi connectivity index (χ0n) is 17.3. The van der Waals surface area contributed by atoms with Gasteiger partial charge in [-0.15, -0.1) is 11.8 Å². The van der Waals surface area contributed by atoms with Crippen LogP contribution in [0.3, 0.4) is 0 Å². The normalized spacial score (nSPS) is 14.4. The first-order valence-corrected chi connectivity index (χ1v) is 11.1. The molecular weight excluding hydrogens is 388 g/mol. The van der Waals surface area contributed by atoms with E-state index in [0.717, 1.165) is 43.2 Å². The second kappa shape index (κ2) is 9.83. The molecule has 3 aromatic rings. The number of rotatable bonds is 7. The number of aromatic nitrogens is 2. The molecule has 1 aromatic heterocycles. The van der Waals surface area contributed by atoms with E-state index >= 15 is 0 Å². The first-order valence-electron chi connectivity index (χ1n) is 10.2. The third-order valence-electron chi connectivity index (χ3n) is 5.28. The minimum absolute atomic E-state index is 0.752. The Morgan fingerprint density at radius 1 is 1.13 bits per heavy atom. The molecule has 4 rings (SSSR count). The number of hydrogen-bond acceptors (Lipinski definition) is 5. The minimum atomic E-state index is 0.752. The van der Waals surface area contributed by atoms with Crippen LogP contribution in [0, 0.1) is 6.92 Å². The molecular formula is C25H26N4S. The number of hydrogen-bond donors (Lipinski definition) is 0. The number of nitrogens with zero attached hydrogens (tertiary/aromatic N) is 4. The fourth-order valence-corrected chi connectivity index (χ4v) is 4.67. The molecule has 2 heterocycles. The highest BCUT2D eigenvalue weighted by atomic mass is 32.2. The van der Waals surface area contributed by atoms with Crippen LogP contribution in [0.1, 0.15) is 22.3 Å². The van der Waals surface area contributed by atoms with Crippen molar-refractivity contribution in [1.82, 2.24) is 14.9 Å². The summed E-state index contributed by atoms with van der Waals surface area (Å²) < 4.78 is 0. The Hall–Kier alpha value is -2.76. The Balaban J connectivity index is 1.37. The summed E-state index contributed by atoms with van der Waals surface area (Å²) in [4.78, 5) is 16.4. The van der Waals surface area contributed by atoms with Crippen LogP contribution >= 0.6 is 11.8 Å². The van der Waals surface area contributed by atoms with E-state index in [0.29, 0.717) is 0 Å². The molecule has 0 saturated heterocycles. The summed E-state index contributed by atoms with van der Waals surface area (Å²) in [6.07, 6.45) is 7.40. The van der Waals surface area contributed by atoms with Gasteiger partial charge in [-0.25, -0.2) is 9.97 Å². The van der Waals surface area contributed by atoms with Crippen molar-refractivity contribution in [2.45, 2.75) is 26.3 Å². The molecule has 0 spiro atoms. The quantitative estimate of drug-likeness (QED) is 0.493. The van der Waals surface area contributed by atoms with Crippen LogP contribution in [0.4, 0.5) is 0 Å². The molecule has 0 bridgehead atoms. The molecule has 0 atom stereocenters. The van der Waals surface area contributed by atoms with E-state index in [-0.39, 0.29) is 0 Å². The molecule has 1 aliphatic heterocycles. The highest BCUT2D eigenvalue weighted by Gasteiger charge is 2.16. The Bertz CT molecular complexity index is 1030. The molecule has 30 heavy (non-hydrogen) atoms. The van der Waals surface area contributed by atoms with E-state index < -0.39 is 0 Å². The van der Waals surface area contributed by atoms with Crippen LogP contribution in [0.15, 0.2) is 77.0 Å². The summed E-state index contributed by atoms with van der Waals surface area (Å²) in [7, 11) is 0. The molecule has 0 amide bonds. The Kier molecular flexibility index (Phi) is 6.72. The van der Waals surface area contributed by atoms with Gasteiger partial charge in [-0.3, -0.25) is 9.89 Å². The zero-order chi connectivity index (χ0) is 20.8. The van der Waals surface area contributed by atoms with Crippen molar-refractivity contribution in [3.8, 4) is 11.4 Å². The van der Waals surface area contributed by atoms with Gasteiger partial charge in [0.05, 0.1) is 0 Å². The molecule has 0 saturated carbocycles. The van der Waals surface area contributed by atoms with Gasteiger partial charge in [-0.05, 0) is 42.8 Å². The first-order chi connectivity index (χ1) is 14.7. The van der Waals surface area contributed by atoms with E-state index in [2.05, 4.69) is 76.0 Å². The highest BCUT2D eigenvalue weighted by molar-refractivity contribution is 8.03. The first kappa shape index (κ1) is 20.5. The summed E-state index contributed by atoms with van der Waals surface area (Å²) in [6.45, 7) is 7.95. The molecule has 4 nitrogen and oxygen atoms in total. The number of fused-ring (bicyclic) bond motifs is 1. The predicted octanol–water partition coefficient (Wildman–Crippen LogP) is 5.29. The van der Waals surface area contributed by atoms with Crippen molar-refractivity contribution in [2.75, 3.05) is 12.4 Å². The van der Waals surface area contributed by atoms with Crippen molar-refractivity contribution in [3.05, 3.63) is 94.3 Å². The SMILES string of the molecule is C=N/C=C(/Cc1ccc(-c2ncccn2)cc1)SCN1CCc2ccc(C)cc2C1. The summed E-state index contributed by atoms with van der Waals surface area (Å²) in [6, 6.07) is 17.1. The number of aliphatic imine (C=N–C) groups is 1. The molecule has 2 aromatic carbocycles. The van der Waals surface area contributed by atoms with Crippen LogP contribution in [0.2, 0.25) is 0 Å². The van der Waals surface area contributed by atoms with Gasteiger partial charge in [0.15, 0.2) is 5.82 Å². The van der Waals surface area contributed by atoms with E-state index in [1.807, 2.05) is 24.0 Å². The lowest BCUT2D eigenvalue weighted by molar-refractivity contribution is 0.300. The second-order valence-electron chi connectivity index (χ2n) is 7.57. The second-order valence-corrected chi connectivity index (χ2v) is 8.64. The highest BCUT2D eigenvalue weighted by Crippen LogP contribution is 2.27. The monoisotopic (exact) mass is 414 g/mol. The smallest absolute Gasteiger partial charge is 0.159 e. The van der Waals surface area contributed by atoms with Gasteiger partial charge >= 0.3 is 0 Å². The Labute approximate surface area is 182 Å². The molecule has 0 fully saturated rings. The molecule has 0 unspecified atom stereocenters. The van der Waals surface area contributed by atoms with Crippen molar-refractivity contribution >= 4 is 18.5 Å². The lowest BCUT2D eigenvalue weighted by Gasteiger charge is -2.29. The summed E-state index contributed by atoms with van der Waals surface area (Å²) >= 11 is 1.86. The Morgan fingerprint density at radius 2 is 1.93 bits per heavy atom. The molecule has 1 aliphatic rings. The average Bonchev–Trinajstić information content (AvgIpc) is 2.78. The van der Waals surface area contributed by atoms with Gasteiger partial charge in [0, 0.05) is 54.4 Å². The average molecular weight is 415 g/mol. The Morgan fingerprint density at radius 3 is 2.70 bits per heavy atom. The number of thioether (sulfide) groups is 1.